The number of nitrogens with zero attached hydrogens (tertiary/aromatic N) is 4. The first-order valence-electron chi connectivity index (χ1n) is 6.80. The van der Waals surface area contributed by atoms with Gasteiger partial charge in [-0.15, -0.1) is 10.2 Å². The molecule has 0 spiro atoms. The van der Waals surface area contributed by atoms with Gasteiger partial charge in [0.25, 0.3) is 0 Å². The summed E-state index contributed by atoms with van der Waals surface area (Å²) in [6.07, 6.45) is 1.66. The standard InChI is InChI=1S/C15H18N4O2/c1-14(2)11-12(15(3,4)21-14)18-19-13(17-11)10-8-9(20-5)6-7-16-10/h6-8H,1-5H3. The molecule has 0 unspecified atom stereocenters. The Hall–Kier alpha value is -2.08. The summed E-state index contributed by atoms with van der Waals surface area (Å²) in [5.41, 5.74) is 1.23. The van der Waals surface area contributed by atoms with Crippen molar-refractivity contribution in [2.45, 2.75) is 38.9 Å². The Morgan fingerprint density at radius 3 is 2.48 bits per heavy atom. The van der Waals surface area contributed by atoms with Crippen molar-refractivity contribution < 1.29 is 9.47 Å². The van der Waals surface area contributed by atoms with E-state index in [-0.39, 0.29) is 0 Å². The van der Waals surface area contributed by atoms with Crippen LogP contribution in [0.3, 0.4) is 0 Å². The van der Waals surface area contributed by atoms with Gasteiger partial charge in [-0.3, -0.25) is 4.98 Å². The maximum Gasteiger partial charge on any atom is 0.200 e. The van der Waals surface area contributed by atoms with Crippen LogP contribution in [-0.4, -0.2) is 27.3 Å². The number of ether oxygens (including phenoxy) is 2. The highest BCUT2D eigenvalue weighted by Gasteiger charge is 2.46. The van der Waals surface area contributed by atoms with Crippen LogP contribution in [0, 0.1) is 0 Å². The van der Waals surface area contributed by atoms with Crippen molar-refractivity contribution in [3.05, 3.63) is 29.7 Å². The molecule has 0 N–H and O–H groups in total. The van der Waals surface area contributed by atoms with E-state index in [4.69, 9.17) is 9.47 Å². The molecule has 6 heteroatoms. The van der Waals surface area contributed by atoms with E-state index in [9.17, 15) is 0 Å². The van der Waals surface area contributed by atoms with Gasteiger partial charge >= 0.3 is 0 Å². The molecule has 6 nitrogen and oxygen atoms in total. The number of hydrogen-bond acceptors (Lipinski definition) is 6. The third-order valence-electron chi connectivity index (χ3n) is 3.53. The molecule has 0 amide bonds. The molecule has 3 heterocycles. The van der Waals surface area contributed by atoms with Crippen LogP contribution in [-0.2, 0) is 15.9 Å². The van der Waals surface area contributed by atoms with Gasteiger partial charge in [-0.05, 0) is 33.8 Å². The molecule has 0 aromatic carbocycles. The van der Waals surface area contributed by atoms with Crippen molar-refractivity contribution in [2.24, 2.45) is 0 Å². The van der Waals surface area contributed by atoms with E-state index in [1.165, 1.54) is 0 Å². The predicted octanol–water partition coefficient (Wildman–Crippen LogP) is 2.44. The van der Waals surface area contributed by atoms with Crippen molar-refractivity contribution in [2.75, 3.05) is 7.11 Å². The summed E-state index contributed by atoms with van der Waals surface area (Å²) in [5.74, 6) is 1.18. The monoisotopic (exact) mass is 286 g/mol. The normalized spacial score (nSPS) is 18.3. The van der Waals surface area contributed by atoms with Crippen LogP contribution < -0.4 is 4.74 Å². The third-order valence-corrected chi connectivity index (χ3v) is 3.53. The first-order chi connectivity index (χ1) is 9.83. The lowest BCUT2D eigenvalue weighted by Crippen LogP contribution is -2.23. The summed E-state index contributed by atoms with van der Waals surface area (Å²) in [4.78, 5) is 8.91. The largest absolute Gasteiger partial charge is 0.497 e. The maximum absolute atomic E-state index is 6.03. The van der Waals surface area contributed by atoms with E-state index < -0.39 is 11.2 Å². The van der Waals surface area contributed by atoms with E-state index in [1.54, 1.807) is 25.4 Å². The molecule has 0 fully saturated rings. The number of hydrogen-bond donors (Lipinski definition) is 0. The van der Waals surface area contributed by atoms with Gasteiger partial charge in [-0.25, -0.2) is 4.98 Å². The summed E-state index contributed by atoms with van der Waals surface area (Å²) < 4.78 is 11.2. The molecule has 0 saturated carbocycles. The Bertz CT molecular complexity index is 698. The molecule has 21 heavy (non-hydrogen) atoms. The summed E-state index contributed by atoms with van der Waals surface area (Å²) >= 11 is 0. The van der Waals surface area contributed by atoms with Crippen molar-refractivity contribution >= 4 is 0 Å². The lowest BCUT2D eigenvalue weighted by molar-refractivity contribution is -0.107. The zero-order chi connectivity index (χ0) is 15.3. The Balaban J connectivity index is 2.12. The quantitative estimate of drug-likeness (QED) is 0.844. The third kappa shape index (κ3) is 2.25. The van der Waals surface area contributed by atoms with Gasteiger partial charge in [0.05, 0.1) is 7.11 Å². The topological polar surface area (TPSA) is 70.0 Å². The zero-order valence-electron chi connectivity index (χ0n) is 12.8. The Morgan fingerprint density at radius 2 is 1.76 bits per heavy atom. The molecule has 2 aromatic rings. The minimum Gasteiger partial charge on any atom is -0.497 e. The fraction of sp³-hybridized carbons (Fsp3) is 0.467. The van der Waals surface area contributed by atoms with Crippen molar-refractivity contribution in [3.8, 4) is 17.3 Å². The Kier molecular flexibility index (Phi) is 2.95. The van der Waals surface area contributed by atoms with Gasteiger partial charge < -0.3 is 9.47 Å². The Labute approximate surface area is 123 Å². The van der Waals surface area contributed by atoms with Gasteiger partial charge in [-0.1, -0.05) is 0 Å². The van der Waals surface area contributed by atoms with Gasteiger partial charge in [-0.2, -0.15) is 0 Å². The first-order valence-corrected chi connectivity index (χ1v) is 6.80. The van der Waals surface area contributed by atoms with Crippen LogP contribution in [0.1, 0.15) is 39.1 Å². The molecule has 3 rings (SSSR count). The van der Waals surface area contributed by atoms with Gasteiger partial charge in [0.15, 0.2) is 0 Å². The number of fused-ring (bicyclic) bond motifs is 1. The number of rotatable bonds is 2. The van der Waals surface area contributed by atoms with E-state index in [1.807, 2.05) is 27.7 Å². The zero-order valence-corrected chi connectivity index (χ0v) is 12.8. The molecule has 0 aliphatic carbocycles. The van der Waals surface area contributed by atoms with Crippen molar-refractivity contribution in [1.82, 2.24) is 20.2 Å². The van der Waals surface area contributed by atoms with E-state index in [0.29, 0.717) is 17.3 Å². The molecule has 1 aliphatic heterocycles. The maximum atomic E-state index is 6.03. The highest BCUT2D eigenvalue weighted by atomic mass is 16.5. The Morgan fingerprint density at radius 1 is 1.05 bits per heavy atom. The lowest BCUT2D eigenvalue weighted by Gasteiger charge is -2.23. The first kappa shape index (κ1) is 13.9. The molecule has 2 aromatic heterocycles. The SMILES string of the molecule is COc1ccnc(-c2nnc3c(n2)C(C)(C)OC3(C)C)c1. The van der Waals surface area contributed by atoms with Crippen LogP contribution in [0.2, 0.25) is 0 Å². The van der Waals surface area contributed by atoms with Gasteiger partial charge in [0, 0.05) is 12.3 Å². The lowest BCUT2D eigenvalue weighted by atomic mass is 10.0. The fourth-order valence-corrected chi connectivity index (χ4v) is 2.65. The molecule has 1 aliphatic rings. The average molecular weight is 286 g/mol. The highest BCUT2D eigenvalue weighted by Crippen LogP contribution is 2.44. The van der Waals surface area contributed by atoms with Crippen molar-refractivity contribution in [1.29, 1.82) is 0 Å². The molecular weight excluding hydrogens is 268 g/mol. The van der Waals surface area contributed by atoms with E-state index in [0.717, 1.165) is 11.4 Å². The second kappa shape index (κ2) is 4.46. The van der Waals surface area contributed by atoms with Crippen LogP contribution in [0.25, 0.3) is 11.5 Å². The van der Waals surface area contributed by atoms with E-state index in [2.05, 4.69) is 20.2 Å². The van der Waals surface area contributed by atoms with Crippen LogP contribution in [0.5, 0.6) is 5.75 Å². The predicted molar refractivity (Wildman–Crippen MR) is 76.7 cm³/mol. The summed E-state index contributed by atoms with van der Waals surface area (Å²) in [5, 5.41) is 8.52. The highest BCUT2D eigenvalue weighted by molar-refractivity contribution is 5.52. The number of pyridine rings is 1. The summed E-state index contributed by atoms with van der Waals surface area (Å²) in [6.45, 7) is 7.91. The molecule has 110 valence electrons. The molecule has 0 atom stereocenters. The smallest absolute Gasteiger partial charge is 0.200 e. The summed E-state index contributed by atoms with van der Waals surface area (Å²) in [6, 6.07) is 3.57. The molecule has 0 bridgehead atoms. The minimum absolute atomic E-state index is 0.474. The second-order valence-electron chi connectivity index (χ2n) is 6.04. The summed E-state index contributed by atoms with van der Waals surface area (Å²) in [7, 11) is 1.61. The minimum atomic E-state index is -0.498. The van der Waals surface area contributed by atoms with Crippen LogP contribution >= 0.6 is 0 Å². The number of aromatic nitrogens is 4. The molecule has 0 radical (unpaired) electrons. The van der Waals surface area contributed by atoms with Gasteiger partial charge in [0.2, 0.25) is 5.82 Å². The second-order valence-corrected chi connectivity index (χ2v) is 6.04. The van der Waals surface area contributed by atoms with Crippen LogP contribution in [0.15, 0.2) is 18.3 Å². The van der Waals surface area contributed by atoms with Gasteiger partial charge in [0.1, 0.15) is 34.0 Å². The molecular formula is C15H18N4O2. The fourth-order valence-electron chi connectivity index (χ4n) is 2.65. The number of methoxy groups -OCH3 is 1. The van der Waals surface area contributed by atoms with Crippen molar-refractivity contribution in [3.63, 3.8) is 0 Å². The average Bonchev–Trinajstić information content (AvgIpc) is 2.64. The van der Waals surface area contributed by atoms with Crippen LogP contribution in [0.4, 0.5) is 0 Å². The van der Waals surface area contributed by atoms with E-state index >= 15 is 0 Å². The molecule has 0 saturated heterocycles.